The van der Waals surface area contributed by atoms with Gasteiger partial charge in [-0.05, 0) is 64.8 Å². The molecule has 1 atom stereocenters. The lowest BCUT2D eigenvalue weighted by Gasteiger charge is -2.30. The van der Waals surface area contributed by atoms with Crippen LogP contribution in [0, 0.1) is 5.92 Å². The van der Waals surface area contributed by atoms with Gasteiger partial charge >= 0.3 is 0 Å². The Morgan fingerprint density at radius 3 is 2.95 bits per heavy atom. The molecular weight excluding hydrogens is 250 g/mol. The van der Waals surface area contributed by atoms with Gasteiger partial charge in [-0.2, -0.15) is 0 Å². The van der Waals surface area contributed by atoms with E-state index in [0.29, 0.717) is 12.0 Å². The summed E-state index contributed by atoms with van der Waals surface area (Å²) in [5, 5.41) is 3.42. The van der Waals surface area contributed by atoms with Gasteiger partial charge in [0.25, 0.3) is 5.91 Å². The van der Waals surface area contributed by atoms with Crippen molar-refractivity contribution < 1.29 is 4.79 Å². The molecule has 0 radical (unpaired) electrons. The highest BCUT2D eigenvalue weighted by Gasteiger charge is 2.22. The molecule has 0 spiro atoms. The molecule has 112 valence electrons. The summed E-state index contributed by atoms with van der Waals surface area (Å²) in [6, 6.07) is 4.21. The minimum Gasteiger partial charge on any atom is -0.341 e. The molecule has 1 aromatic heterocycles. The monoisotopic (exact) mass is 277 g/mol. The van der Waals surface area contributed by atoms with Gasteiger partial charge < -0.3 is 14.8 Å². The van der Waals surface area contributed by atoms with Gasteiger partial charge in [0.2, 0.25) is 0 Å². The van der Waals surface area contributed by atoms with E-state index in [-0.39, 0.29) is 5.91 Å². The molecule has 1 unspecified atom stereocenters. The maximum Gasteiger partial charge on any atom is 0.270 e. The van der Waals surface area contributed by atoms with Crippen molar-refractivity contribution in [2.24, 2.45) is 5.92 Å². The van der Waals surface area contributed by atoms with Gasteiger partial charge in [0.05, 0.1) is 0 Å². The lowest BCUT2D eigenvalue weighted by molar-refractivity contribution is 0.0716. The molecule has 1 fully saturated rings. The zero-order valence-electron chi connectivity index (χ0n) is 12.9. The Labute approximate surface area is 122 Å². The van der Waals surface area contributed by atoms with Gasteiger partial charge in [-0.15, -0.1) is 0 Å². The molecule has 2 rings (SSSR count). The van der Waals surface area contributed by atoms with Crippen molar-refractivity contribution in [3.05, 3.63) is 24.0 Å². The highest BCUT2D eigenvalue weighted by Crippen LogP contribution is 2.16. The van der Waals surface area contributed by atoms with Crippen molar-refractivity contribution in [1.29, 1.82) is 0 Å². The number of nitrogens with one attached hydrogen (secondary N) is 1. The first-order valence-corrected chi connectivity index (χ1v) is 7.80. The van der Waals surface area contributed by atoms with Crippen LogP contribution in [0.15, 0.2) is 18.3 Å². The number of nitrogens with zero attached hydrogens (tertiary/aromatic N) is 2. The summed E-state index contributed by atoms with van der Waals surface area (Å²) in [7, 11) is 0. The van der Waals surface area contributed by atoms with Crippen LogP contribution in [0.3, 0.4) is 0 Å². The van der Waals surface area contributed by atoms with Crippen molar-refractivity contribution in [2.75, 3.05) is 26.2 Å². The highest BCUT2D eigenvalue weighted by atomic mass is 16.2. The van der Waals surface area contributed by atoms with Gasteiger partial charge in [-0.25, -0.2) is 0 Å². The van der Waals surface area contributed by atoms with E-state index in [9.17, 15) is 4.79 Å². The Morgan fingerprint density at radius 1 is 1.55 bits per heavy atom. The third kappa shape index (κ3) is 3.42. The van der Waals surface area contributed by atoms with Crippen LogP contribution in [0.1, 0.15) is 50.1 Å². The Kier molecular flexibility index (Phi) is 5.24. The SMILES string of the molecule is CCN(CC1CCCNC1)C(=O)c1cccn1C(C)C. The smallest absolute Gasteiger partial charge is 0.270 e. The summed E-state index contributed by atoms with van der Waals surface area (Å²) < 4.78 is 2.06. The molecule has 0 bridgehead atoms. The van der Waals surface area contributed by atoms with Gasteiger partial charge in [0, 0.05) is 25.3 Å². The van der Waals surface area contributed by atoms with Gasteiger partial charge in [0.1, 0.15) is 5.69 Å². The van der Waals surface area contributed by atoms with Gasteiger partial charge in [-0.1, -0.05) is 0 Å². The molecule has 2 heterocycles. The Balaban J connectivity index is 2.06. The minimum absolute atomic E-state index is 0.164. The molecule has 0 aromatic carbocycles. The Hall–Kier alpha value is -1.29. The molecule has 4 nitrogen and oxygen atoms in total. The second-order valence-electron chi connectivity index (χ2n) is 5.95. The zero-order chi connectivity index (χ0) is 14.5. The summed E-state index contributed by atoms with van der Waals surface area (Å²) in [6.07, 6.45) is 4.44. The van der Waals surface area contributed by atoms with E-state index in [1.807, 2.05) is 23.2 Å². The fourth-order valence-corrected chi connectivity index (χ4v) is 2.93. The summed E-state index contributed by atoms with van der Waals surface area (Å²) in [5.41, 5.74) is 0.811. The number of carbonyl (C=O) groups is 1. The van der Waals surface area contributed by atoms with Gasteiger partial charge in [-0.3, -0.25) is 4.79 Å². The lowest BCUT2D eigenvalue weighted by Crippen LogP contribution is -2.41. The van der Waals surface area contributed by atoms with E-state index in [0.717, 1.165) is 31.9 Å². The lowest BCUT2D eigenvalue weighted by atomic mass is 9.99. The molecule has 20 heavy (non-hydrogen) atoms. The van der Waals surface area contributed by atoms with Crippen LogP contribution in [0.4, 0.5) is 0 Å². The minimum atomic E-state index is 0.164. The van der Waals surface area contributed by atoms with Crippen molar-refractivity contribution in [3.8, 4) is 0 Å². The van der Waals surface area contributed by atoms with E-state index >= 15 is 0 Å². The number of aromatic nitrogens is 1. The molecule has 1 aromatic rings. The predicted molar refractivity (Wildman–Crippen MR) is 82.0 cm³/mol. The molecule has 1 amide bonds. The summed E-state index contributed by atoms with van der Waals surface area (Å²) in [5.74, 6) is 0.756. The largest absolute Gasteiger partial charge is 0.341 e. The zero-order valence-corrected chi connectivity index (χ0v) is 12.9. The molecule has 0 saturated carbocycles. The Morgan fingerprint density at radius 2 is 2.35 bits per heavy atom. The van der Waals surface area contributed by atoms with E-state index in [2.05, 4.69) is 30.7 Å². The van der Waals surface area contributed by atoms with Gasteiger partial charge in [0.15, 0.2) is 0 Å². The molecular formula is C16H27N3O. The second-order valence-corrected chi connectivity index (χ2v) is 5.95. The Bertz CT molecular complexity index is 433. The van der Waals surface area contributed by atoms with Crippen molar-refractivity contribution in [2.45, 2.75) is 39.7 Å². The van der Waals surface area contributed by atoms with Crippen LogP contribution >= 0.6 is 0 Å². The maximum atomic E-state index is 12.7. The highest BCUT2D eigenvalue weighted by molar-refractivity contribution is 5.92. The first kappa shape index (κ1) is 15.1. The van der Waals surface area contributed by atoms with Crippen LogP contribution in [0.2, 0.25) is 0 Å². The number of carbonyl (C=O) groups excluding carboxylic acids is 1. The molecule has 1 aliphatic rings. The number of piperidine rings is 1. The normalized spacial score (nSPS) is 19.3. The van der Waals surface area contributed by atoms with Crippen LogP contribution in [-0.2, 0) is 0 Å². The summed E-state index contributed by atoms with van der Waals surface area (Å²) in [6.45, 7) is 10.1. The fraction of sp³-hybridized carbons (Fsp3) is 0.688. The quantitative estimate of drug-likeness (QED) is 0.898. The van der Waals surface area contributed by atoms with Crippen molar-refractivity contribution in [3.63, 3.8) is 0 Å². The van der Waals surface area contributed by atoms with Crippen LogP contribution in [0.5, 0.6) is 0 Å². The number of rotatable bonds is 5. The third-order valence-electron chi connectivity index (χ3n) is 4.10. The molecule has 0 aliphatic carbocycles. The van der Waals surface area contributed by atoms with E-state index in [1.165, 1.54) is 12.8 Å². The first-order valence-electron chi connectivity index (χ1n) is 7.80. The fourth-order valence-electron chi connectivity index (χ4n) is 2.93. The molecule has 1 aliphatic heterocycles. The van der Waals surface area contributed by atoms with Crippen LogP contribution in [0.25, 0.3) is 0 Å². The van der Waals surface area contributed by atoms with Crippen LogP contribution in [-0.4, -0.2) is 41.6 Å². The maximum absolute atomic E-state index is 12.7. The average Bonchev–Trinajstić information content (AvgIpc) is 2.94. The van der Waals surface area contributed by atoms with E-state index in [4.69, 9.17) is 0 Å². The predicted octanol–water partition coefficient (Wildman–Crippen LogP) is 2.53. The van der Waals surface area contributed by atoms with E-state index < -0.39 is 0 Å². The van der Waals surface area contributed by atoms with Crippen molar-refractivity contribution in [1.82, 2.24) is 14.8 Å². The van der Waals surface area contributed by atoms with Crippen LogP contribution < -0.4 is 5.32 Å². The second kappa shape index (κ2) is 6.93. The number of amides is 1. The molecule has 1 N–H and O–H groups in total. The number of hydrogen-bond acceptors (Lipinski definition) is 2. The average molecular weight is 277 g/mol. The topological polar surface area (TPSA) is 37.3 Å². The number of hydrogen-bond donors (Lipinski definition) is 1. The standard InChI is InChI=1S/C16H27N3O/c1-4-18(12-14-7-5-9-17-11-14)16(20)15-8-6-10-19(15)13(2)3/h6,8,10,13-14,17H,4-5,7,9,11-12H2,1-3H3. The van der Waals surface area contributed by atoms with Crippen molar-refractivity contribution >= 4 is 5.91 Å². The molecule has 1 saturated heterocycles. The summed E-state index contributed by atoms with van der Waals surface area (Å²) in [4.78, 5) is 14.7. The first-order chi connectivity index (χ1) is 9.63. The van der Waals surface area contributed by atoms with E-state index in [1.54, 1.807) is 0 Å². The molecule has 4 heteroatoms. The summed E-state index contributed by atoms with van der Waals surface area (Å²) >= 11 is 0. The third-order valence-corrected chi connectivity index (χ3v) is 4.10.